The Balaban J connectivity index is 1.83. The molecule has 0 spiro atoms. The van der Waals surface area contributed by atoms with Crippen LogP contribution in [0.1, 0.15) is 6.42 Å². The van der Waals surface area contributed by atoms with Crippen LogP contribution < -0.4 is 4.90 Å². The van der Waals surface area contributed by atoms with E-state index in [9.17, 15) is 5.21 Å². The molecule has 1 N–H and O–H groups in total. The zero-order valence-electron chi connectivity index (χ0n) is 8.88. The third-order valence-electron chi connectivity index (χ3n) is 3.57. The summed E-state index contributed by atoms with van der Waals surface area (Å²) in [5, 5.41) is 11.5. The van der Waals surface area contributed by atoms with Crippen molar-refractivity contribution in [3.8, 4) is 0 Å². The summed E-state index contributed by atoms with van der Waals surface area (Å²) in [6.07, 6.45) is 2.95. The van der Waals surface area contributed by atoms with Gasteiger partial charge < -0.3 is 10.1 Å². The van der Waals surface area contributed by atoms with Crippen LogP contribution in [-0.4, -0.2) is 40.9 Å². The summed E-state index contributed by atoms with van der Waals surface area (Å²) in [6.45, 7) is 2.57. The molecular formula is C11H14ClN3O. The third kappa shape index (κ3) is 1.67. The molecule has 3 heterocycles. The summed E-state index contributed by atoms with van der Waals surface area (Å²) in [5.41, 5.74) is 1.10. The number of rotatable bonds is 1. The lowest BCUT2D eigenvalue weighted by Gasteiger charge is -2.25. The van der Waals surface area contributed by atoms with Gasteiger partial charge >= 0.3 is 0 Å². The number of pyridine rings is 1. The molecule has 2 atom stereocenters. The molecule has 0 radical (unpaired) electrons. The number of halogens is 1. The van der Waals surface area contributed by atoms with Gasteiger partial charge in [0.05, 0.1) is 11.9 Å². The maximum absolute atomic E-state index is 9.51. The van der Waals surface area contributed by atoms with Crippen LogP contribution in [0.2, 0.25) is 5.15 Å². The molecule has 0 unspecified atom stereocenters. The molecule has 86 valence electrons. The number of hydrogen-bond acceptors (Lipinski definition) is 4. The standard InChI is InChI=1S/C11H14ClN3O/c12-11-2-1-9(5-13-11)15-4-3-8-6-14(16)7-10(8)15/h1-2,5,8,10,16H,3-4,6-7H2/t8-,10+/m0/s1. The smallest absolute Gasteiger partial charge is 0.129 e. The van der Waals surface area contributed by atoms with E-state index in [1.54, 1.807) is 0 Å². The van der Waals surface area contributed by atoms with Gasteiger partial charge in [0.1, 0.15) is 5.15 Å². The van der Waals surface area contributed by atoms with Gasteiger partial charge in [-0.3, -0.25) is 0 Å². The molecule has 2 aliphatic heterocycles. The molecular weight excluding hydrogens is 226 g/mol. The second kappa shape index (κ2) is 3.87. The third-order valence-corrected chi connectivity index (χ3v) is 3.80. The molecule has 16 heavy (non-hydrogen) atoms. The predicted octanol–water partition coefficient (Wildman–Crippen LogP) is 1.63. The summed E-state index contributed by atoms with van der Waals surface area (Å²) in [5.74, 6) is 0.584. The van der Waals surface area contributed by atoms with Crippen molar-refractivity contribution in [3.63, 3.8) is 0 Å². The zero-order valence-corrected chi connectivity index (χ0v) is 9.64. The average molecular weight is 240 g/mol. The van der Waals surface area contributed by atoms with Crippen LogP contribution in [0.5, 0.6) is 0 Å². The lowest BCUT2D eigenvalue weighted by atomic mass is 10.1. The maximum atomic E-state index is 9.51. The summed E-state index contributed by atoms with van der Waals surface area (Å²) in [4.78, 5) is 6.43. The molecule has 3 rings (SSSR count). The molecule has 2 fully saturated rings. The average Bonchev–Trinajstić information content (AvgIpc) is 2.78. The Morgan fingerprint density at radius 1 is 1.38 bits per heavy atom. The number of fused-ring (bicyclic) bond motifs is 1. The number of hydrogen-bond donors (Lipinski definition) is 1. The summed E-state index contributed by atoms with van der Waals surface area (Å²) < 4.78 is 0. The summed E-state index contributed by atoms with van der Waals surface area (Å²) in [6, 6.07) is 4.24. The molecule has 1 aromatic heterocycles. The van der Waals surface area contributed by atoms with E-state index >= 15 is 0 Å². The van der Waals surface area contributed by atoms with Crippen LogP contribution >= 0.6 is 11.6 Å². The molecule has 0 saturated carbocycles. The van der Waals surface area contributed by atoms with Gasteiger partial charge in [0.15, 0.2) is 0 Å². The Morgan fingerprint density at radius 2 is 2.25 bits per heavy atom. The molecule has 0 bridgehead atoms. The minimum Gasteiger partial charge on any atom is -0.366 e. The Kier molecular flexibility index (Phi) is 2.50. The molecule has 0 amide bonds. The first-order valence-electron chi connectivity index (χ1n) is 5.56. The number of nitrogens with zero attached hydrogens (tertiary/aromatic N) is 3. The molecule has 1 aromatic rings. The highest BCUT2D eigenvalue weighted by molar-refractivity contribution is 6.29. The van der Waals surface area contributed by atoms with E-state index in [1.807, 2.05) is 18.3 Å². The highest BCUT2D eigenvalue weighted by Gasteiger charge is 2.41. The lowest BCUT2D eigenvalue weighted by Crippen LogP contribution is -2.34. The topological polar surface area (TPSA) is 39.6 Å². The number of hydroxylamine groups is 2. The van der Waals surface area contributed by atoms with Crippen molar-refractivity contribution < 1.29 is 5.21 Å². The van der Waals surface area contributed by atoms with Crippen molar-refractivity contribution in [2.45, 2.75) is 12.5 Å². The number of aromatic nitrogens is 1. The Morgan fingerprint density at radius 3 is 3.00 bits per heavy atom. The molecule has 5 heteroatoms. The minimum absolute atomic E-state index is 0.424. The van der Waals surface area contributed by atoms with Gasteiger partial charge in [-0.15, -0.1) is 0 Å². The summed E-state index contributed by atoms with van der Waals surface area (Å²) >= 11 is 5.77. The van der Waals surface area contributed by atoms with Crippen molar-refractivity contribution in [3.05, 3.63) is 23.5 Å². The van der Waals surface area contributed by atoms with Gasteiger partial charge in [0, 0.05) is 25.7 Å². The van der Waals surface area contributed by atoms with Crippen molar-refractivity contribution >= 4 is 17.3 Å². The lowest BCUT2D eigenvalue weighted by molar-refractivity contribution is -0.0730. The van der Waals surface area contributed by atoms with E-state index in [-0.39, 0.29) is 0 Å². The van der Waals surface area contributed by atoms with E-state index in [1.165, 1.54) is 5.06 Å². The van der Waals surface area contributed by atoms with Gasteiger partial charge in [0.2, 0.25) is 0 Å². The van der Waals surface area contributed by atoms with Gasteiger partial charge in [-0.25, -0.2) is 4.98 Å². The quantitative estimate of drug-likeness (QED) is 0.757. The van der Waals surface area contributed by atoms with Crippen LogP contribution in [0.4, 0.5) is 5.69 Å². The summed E-state index contributed by atoms with van der Waals surface area (Å²) in [7, 11) is 0. The van der Waals surface area contributed by atoms with Crippen LogP contribution in [-0.2, 0) is 0 Å². The highest BCUT2D eigenvalue weighted by Crippen LogP contribution is 2.34. The van der Waals surface area contributed by atoms with Crippen molar-refractivity contribution in [2.75, 3.05) is 24.5 Å². The van der Waals surface area contributed by atoms with Crippen molar-refractivity contribution in [1.82, 2.24) is 10.0 Å². The van der Waals surface area contributed by atoms with E-state index in [4.69, 9.17) is 11.6 Å². The fraction of sp³-hybridized carbons (Fsp3) is 0.545. The molecule has 0 aliphatic carbocycles. The maximum Gasteiger partial charge on any atom is 0.129 e. The molecule has 2 saturated heterocycles. The van der Waals surface area contributed by atoms with E-state index < -0.39 is 0 Å². The van der Waals surface area contributed by atoms with Crippen LogP contribution in [0, 0.1) is 5.92 Å². The van der Waals surface area contributed by atoms with Crippen LogP contribution in [0.15, 0.2) is 18.3 Å². The monoisotopic (exact) mass is 239 g/mol. The SMILES string of the molecule is ON1C[C@@H]2CCN(c3ccc(Cl)nc3)[C@@H]2C1. The fourth-order valence-corrected chi connectivity index (χ4v) is 2.91. The van der Waals surface area contributed by atoms with Gasteiger partial charge in [-0.1, -0.05) is 11.6 Å². The fourth-order valence-electron chi connectivity index (χ4n) is 2.80. The molecule has 2 aliphatic rings. The van der Waals surface area contributed by atoms with Crippen LogP contribution in [0.25, 0.3) is 0 Å². The Bertz CT molecular complexity index is 383. The first-order valence-corrected chi connectivity index (χ1v) is 5.94. The second-order valence-electron chi connectivity index (χ2n) is 4.52. The minimum atomic E-state index is 0.424. The number of anilines is 1. The normalized spacial score (nSPS) is 29.8. The van der Waals surface area contributed by atoms with Crippen molar-refractivity contribution in [1.29, 1.82) is 0 Å². The molecule has 4 nitrogen and oxygen atoms in total. The van der Waals surface area contributed by atoms with E-state index in [0.717, 1.165) is 31.7 Å². The van der Waals surface area contributed by atoms with E-state index in [0.29, 0.717) is 17.1 Å². The van der Waals surface area contributed by atoms with Gasteiger partial charge in [-0.05, 0) is 24.5 Å². The first kappa shape index (κ1) is 10.3. The van der Waals surface area contributed by atoms with E-state index in [2.05, 4.69) is 9.88 Å². The molecule has 0 aromatic carbocycles. The zero-order chi connectivity index (χ0) is 11.1. The highest BCUT2D eigenvalue weighted by atomic mass is 35.5. The van der Waals surface area contributed by atoms with Crippen molar-refractivity contribution in [2.24, 2.45) is 5.92 Å². The largest absolute Gasteiger partial charge is 0.366 e. The predicted molar refractivity (Wildman–Crippen MR) is 61.8 cm³/mol. The Labute approximate surface area is 99.4 Å². The first-order chi connectivity index (χ1) is 7.74. The van der Waals surface area contributed by atoms with Crippen LogP contribution in [0.3, 0.4) is 0 Å². The van der Waals surface area contributed by atoms with Gasteiger partial charge in [-0.2, -0.15) is 5.06 Å². The second-order valence-corrected chi connectivity index (χ2v) is 4.91. The Hall–Kier alpha value is -0.840. The van der Waals surface area contributed by atoms with Gasteiger partial charge in [0.25, 0.3) is 0 Å².